The van der Waals surface area contributed by atoms with Crippen LogP contribution in [0.2, 0.25) is 0 Å². The number of nitrogens with zero attached hydrogens (tertiary/aromatic N) is 5. The Labute approximate surface area is 156 Å². The minimum Gasteiger partial charge on any atom is -0.469 e. The van der Waals surface area contributed by atoms with Crippen LogP contribution in [-0.4, -0.2) is 78.9 Å². The SMILES string of the molecule is CCNC(=NCC(c1cnn(C)c1)N(C)C)N1CC(C)C(C(=O)OC)C1. The van der Waals surface area contributed by atoms with Gasteiger partial charge in [0, 0.05) is 38.4 Å². The average molecular weight is 364 g/mol. The number of likely N-dealkylation sites (N-methyl/N-ethyl adjacent to an activating group) is 1. The van der Waals surface area contributed by atoms with Crippen LogP contribution in [0.25, 0.3) is 0 Å². The van der Waals surface area contributed by atoms with E-state index in [1.165, 1.54) is 7.11 Å². The summed E-state index contributed by atoms with van der Waals surface area (Å²) in [6, 6.07) is 0.147. The van der Waals surface area contributed by atoms with Crippen molar-refractivity contribution in [3.05, 3.63) is 18.0 Å². The van der Waals surface area contributed by atoms with Crippen molar-refractivity contribution in [2.24, 2.45) is 23.9 Å². The van der Waals surface area contributed by atoms with Gasteiger partial charge in [0.2, 0.25) is 0 Å². The monoisotopic (exact) mass is 364 g/mol. The molecule has 26 heavy (non-hydrogen) atoms. The largest absolute Gasteiger partial charge is 0.469 e. The lowest BCUT2D eigenvalue weighted by atomic mass is 9.99. The second-order valence-electron chi connectivity index (χ2n) is 7.13. The van der Waals surface area contributed by atoms with E-state index in [0.717, 1.165) is 24.6 Å². The zero-order valence-electron chi connectivity index (χ0n) is 16.8. The van der Waals surface area contributed by atoms with Gasteiger partial charge < -0.3 is 19.9 Å². The van der Waals surface area contributed by atoms with E-state index in [0.29, 0.717) is 13.1 Å². The molecule has 1 N–H and O–H groups in total. The van der Waals surface area contributed by atoms with Gasteiger partial charge in [-0.2, -0.15) is 5.10 Å². The van der Waals surface area contributed by atoms with Gasteiger partial charge in [-0.1, -0.05) is 6.92 Å². The normalized spacial score (nSPS) is 22.0. The van der Waals surface area contributed by atoms with Gasteiger partial charge in [0.25, 0.3) is 0 Å². The van der Waals surface area contributed by atoms with Gasteiger partial charge in [0.15, 0.2) is 5.96 Å². The van der Waals surface area contributed by atoms with Crippen molar-refractivity contribution in [3.8, 4) is 0 Å². The van der Waals surface area contributed by atoms with Gasteiger partial charge in [-0.15, -0.1) is 0 Å². The quantitative estimate of drug-likeness (QED) is 0.456. The lowest BCUT2D eigenvalue weighted by molar-refractivity contribution is -0.145. The molecule has 3 atom stereocenters. The summed E-state index contributed by atoms with van der Waals surface area (Å²) in [5.41, 5.74) is 1.14. The zero-order chi connectivity index (χ0) is 19.3. The first-order valence-corrected chi connectivity index (χ1v) is 9.13. The highest BCUT2D eigenvalue weighted by Crippen LogP contribution is 2.24. The molecule has 1 aliphatic rings. The van der Waals surface area contributed by atoms with E-state index in [4.69, 9.17) is 9.73 Å². The Bertz CT molecular complexity index is 627. The Morgan fingerprint density at radius 2 is 2.23 bits per heavy atom. The molecule has 0 saturated carbocycles. The third kappa shape index (κ3) is 4.75. The minimum absolute atomic E-state index is 0.105. The highest BCUT2D eigenvalue weighted by atomic mass is 16.5. The first-order valence-electron chi connectivity index (χ1n) is 9.13. The Balaban J connectivity index is 2.14. The average Bonchev–Trinajstić information content (AvgIpc) is 3.19. The zero-order valence-corrected chi connectivity index (χ0v) is 16.8. The van der Waals surface area contributed by atoms with E-state index in [2.05, 4.69) is 34.1 Å². The predicted octanol–water partition coefficient (Wildman–Crippen LogP) is 0.729. The van der Waals surface area contributed by atoms with Crippen LogP contribution in [-0.2, 0) is 16.6 Å². The molecule has 0 spiro atoms. The fraction of sp³-hybridized carbons (Fsp3) is 0.722. The van der Waals surface area contributed by atoms with Crippen LogP contribution >= 0.6 is 0 Å². The summed E-state index contributed by atoms with van der Waals surface area (Å²) in [7, 11) is 7.46. The molecule has 8 heteroatoms. The Morgan fingerprint density at radius 3 is 2.77 bits per heavy atom. The maximum Gasteiger partial charge on any atom is 0.310 e. The van der Waals surface area contributed by atoms with E-state index in [1.807, 2.05) is 38.2 Å². The van der Waals surface area contributed by atoms with E-state index in [9.17, 15) is 4.79 Å². The molecule has 8 nitrogen and oxygen atoms in total. The first kappa shape index (κ1) is 20.2. The van der Waals surface area contributed by atoms with Crippen LogP contribution in [0, 0.1) is 11.8 Å². The molecule has 1 aromatic heterocycles. The fourth-order valence-corrected chi connectivity index (χ4v) is 3.38. The first-order chi connectivity index (χ1) is 12.4. The smallest absolute Gasteiger partial charge is 0.310 e. The summed E-state index contributed by atoms with van der Waals surface area (Å²) in [6.45, 7) is 6.98. The number of aryl methyl sites for hydroxylation is 1. The molecule has 1 saturated heterocycles. The molecule has 0 radical (unpaired) electrons. The van der Waals surface area contributed by atoms with E-state index >= 15 is 0 Å². The second kappa shape index (κ2) is 9.02. The van der Waals surface area contributed by atoms with Crippen molar-refractivity contribution in [2.45, 2.75) is 19.9 Å². The number of ether oxygens (including phenoxy) is 1. The lowest BCUT2D eigenvalue weighted by Crippen LogP contribution is -2.41. The number of aliphatic imine (C=N–C) groups is 1. The number of hydrogen-bond donors (Lipinski definition) is 1. The molecule has 0 bridgehead atoms. The molecule has 2 heterocycles. The van der Waals surface area contributed by atoms with Gasteiger partial charge >= 0.3 is 5.97 Å². The number of carbonyl (C=O) groups excluding carboxylic acids is 1. The van der Waals surface area contributed by atoms with Gasteiger partial charge in [0.1, 0.15) is 0 Å². The standard InChI is InChI=1S/C18H32N6O2/c1-7-19-18(24-10-13(2)15(12-24)17(25)26-6)20-9-16(22(3)4)14-8-21-23(5)11-14/h8,11,13,15-16H,7,9-10,12H2,1-6H3,(H,19,20). The molecule has 146 valence electrons. The summed E-state index contributed by atoms with van der Waals surface area (Å²) in [5, 5.41) is 7.63. The fourth-order valence-electron chi connectivity index (χ4n) is 3.38. The number of esters is 1. The van der Waals surface area contributed by atoms with Crippen LogP contribution in [0.5, 0.6) is 0 Å². The van der Waals surface area contributed by atoms with Crippen molar-refractivity contribution in [2.75, 3.05) is 47.4 Å². The third-order valence-electron chi connectivity index (χ3n) is 4.90. The number of likely N-dealkylation sites (tertiary alicyclic amines) is 1. The number of carbonyl (C=O) groups is 1. The number of rotatable bonds is 6. The van der Waals surface area contributed by atoms with Crippen LogP contribution in [0.15, 0.2) is 17.4 Å². The molecule has 0 aliphatic carbocycles. The lowest BCUT2D eigenvalue weighted by Gasteiger charge is -2.25. The minimum atomic E-state index is -0.141. The number of aromatic nitrogens is 2. The van der Waals surface area contributed by atoms with Gasteiger partial charge in [-0.25, -0.2) is 0 Å². The highest BCUT2D eigenvalue weighted by Gasteiger charge is 2.37. The molecule has 0 aromatic carbocycles. The number of hydrogen-bond acceptors (Lipinski definition) is 5. The van der Waals surface area contributed by atoms with Crippen molar-refractivity contribution in [3.63, 3.8) is 0 Å². The summed E-state index contributed by atoms with van der Waals surface area (Å²) < 4.78 is 6.75. The van der Waals surface area contributed by atoms with E-state index in [1.54, 1.807) is 0 Å². The Kier molecular flexibility index (Phi) is 7.02. The number of guanidine groups is 1. The molecule has 0 amide bonds. The van der Waals surface area contributed by atoms with E-state index in [-0.39, 0.29) is 23.8 Å². The summed E-state index contributed by atoms with van der Waals surface area (Å²) in [5.74, 6) is 0.847. The van der Waals surface area contributed by atoms with Crippen LogP contribution in [0.3, 0.4) is 0 Å². The molecular formula is C18H32N6O2. The highest BCUT2D eigenvalue weighted by molar-refractivity contribution is 5.82. The molecule has 1 fully saturated rings. The van der Waals surface area contributed by atoms with Crippen LogP contribution in [0.1, 0.15) is 25.5 Å². The topological polar surface area (TPSA) is 75.0 Å². The van der Waals surface area contributed by atoms with Crippen LogP contribution < -0.4 is 5.32 Å². The van der Waals surface area contributed by atoms with Crippen LogP contribution in [0.4, 0.5) is 0 Å². The predicted molar refractivity (Wildman–Crippen MR) is 102 cm³/mol. The number of methoxy groups -OCH3 is 1. The van der Waals surface area contributed by atoms with Crippen molar-refractivity contribution >= 4 is 11.9 Å². The van der Waals surface area contributed by atoms with Gasteiger partial charge in [-0.05, 0) is 26.9 Å². The second-order valence-corrected chi connectivity index (χ2v) is 7.13. The van der Waals surface area contributed by atoms with Crippen molar-refractivity contribution in [1.29, 1.82) is 0 Å². The van der Waals surface area contributed by atoms with E-state index < -0.39 is 0 Å². The molecule has 1 aromatic rings. The summed E-state index contributed by atoms with van der Waals surface area (Å²) in [6.07, 6.45) is 3.91. The maximum absolute atomic E-state index is 12.0. The Hall–Kier alpha value is -2.09. The molecule has 3 unspecified atom stereocenters. The third-order valence-corrected chi connectivity index (χ3v) is 4.90. The molecule has 2 rings (SSSR count). The molecular weight excluding hydrogens is 332 g/mol. The number of nitrogens with one attached hydrogen (secondary N) is 1. The Morgan fingerprint density at radius 1 is 1.50 bits per heavy atom. The van der Waals surface area contributed by atoms with Gasteiger partial charge in [-0.3, -0.25) is 14.5 Å². The van der Waals surface area contributed by atoms with Crippen molar-refractivity contribution in [1.82, 2.24) is 24.9 Å². The summed E-state index contributed by atoms with van der Waals surface area (Å²) in [4.78, 5) is 21.1. The summed E-state index contributed by atoms with van der Waals surface area (Å²) >= 11 is 0. The van der Waals surface area contributed by atoms with Crippen molar-refractivity contribution < 1.29 is 9.53 Å². The molecule has 1 aliphatic heterocycles. The van der Waals surface area contributed by atoms with Gasteiger partial charge in [0.05, 0.1) is 31.8 Å². The maximum atomic E-state index is 12.0.